The van der Waals surface area contributed by atoms with E-state index in [9.17, 15) is 8.42 Å². The van der Waals surface area contributed by atoms with Crippen LogP contribution in [-0.2, 0) is 15.5 Å². The summed E-state index contributed by atoms with van der Waals surface area (Å²) < 4.78 is 29.7. The third kappa shape index (κ3) is 3.85. The minimum Gasteiger partial charge on any atom is -0.379 e. The zero-order valence-electron chi connectivity index (χ0n) is 12.8. The Morgan fingerprint density at radius 1 is 0.952 bits per heavy atom. The SMILES string of the molecule is Cc1cccc(OS(=O)(=O)c2ccc(C(C)(C)C)cc2)c1. The fourth-order valence-electron chi connectivity index (χ4n) is 1.96. The van der Waals surface area contributed by atoms with E-state index in [1.54, 1.807) is 30.3 Å². The average molecular weight is 304 g/mol. The van der Waals surface area contributed by atoms with E-state index in [2.05, 4.69) is 20.8 Å². The number of hydrogen-bond donors (Lipinski definition) is 0. The van der Waals surface area contributed by atoms with Crippen LogP contribution >= 0.6 is 0 Å². The van der Waals surface area contributed by atoms with E-state index in [4.69, 9.17) is 4.18 Å². The van der Waals surface area contributed by atoms with Gasteiger partial charge in [-0.2, -0.15) is 8.42 Å². The van der Waals surface area contributed by atoms with Crippen molar-refractivity contribution < 1.29 is 12.6 Å². The van der Waals surface area contributed by atoms with Crippen LogP contribution in [0, 0.1) is 6.92 Å². The molecule has 0 heterocycles. The lowest BCUT2D eigenvalue weighted by Gasteiger charge is -2.19. The Morgan fingerprint density at radius 3 is 2.10 bits per heavy atom. The van der Waals surface area contributed by atoms with Crippen molar-refractivity contribution in [1.82, 2.24) is 0 Å². The molecular formula is C17H20O3S. The van der Waals surface area contributed by atoms with E-state index in [1.807, 2.05) is 25.1 Å². The van der Waals surface area contributed by atoms with Crippen molar-refractivity contribution in [3.8, 4) is 5.75 Å². The van der Waals surface area contributed by atoms with Crippen LogP contribution in [0.25, 0.3) is 0 Å². The van der Waals surface area contributed by atoms with E-state index < -0.39 is 10.1 Å². The minimum absolute atomic E-state index is 0.0142. The lowest BCUT2D eigenvalue weighted by atomic mass is 9.87. The van der Waals surface area contributed by atoms with Gasteiger partial charge in [-0.3, -0.25) is 0 Å². The Labute approximate surface area is 126 Å². The number of rotatable bonds is 3. The lowest BCUT2D eigenvalue weighted by molar-refractivity contribution is 0.485. The van der Waals surface area contributed by atoms with Gasteiger partial charge in [0.25, 0.3) is 0 Å². The third-order valence-electron chi connectivity index (χ3n) is 3.20. The minimum atomic E-state index is -3.79. The molecule has 0 saturated carbocycles. The molecule has 0 aromatic heterocycles. The smallest absolute Gasteiger partial charge is 0.339 e. The van der Waals surface area contributed by atoms with Gasteiger partial charge in [0, 0.05) is 0 Å². The molecule has 0 bridgehead atoms. The van der Waals surface area contributed by atoms with Crippen LogP contribution < -0.4 is 4.18 Å². The number of aryl methyl sites for hydroxylation is 1. The molecule has 0 aliphatic rings. The zero-order valence-corrected chi connectivity index (χ0v) is 13.6. The predicted octanol–water partition coefficient (Wildman–Crippen LogP) is 4.06. The normalized spacial score (nSPS) is 12.2. The molecule has 4 heteroatoms. The highest BCUT2D eigenvalue weighted by Crippen LogP contribution is 2.25. The highest BCUT2D eigenvalue weighted by atomic mass is 32.2. The molecule has 0 spiro atoms. The summed E-state index contributed by atoms with van der Waals surface area (Å²) in [4.78, 5) is 0.164. The molecule has 0 atom stereocenters. The summed E-state index contributed by atoms with van der Waals surface area (Å²) in [6.45, 7) is 8.14. The van der Waals surface area contributed by atoms with Crippen molar-refractivity contribution >= 4 is 10.1 Å². The Balaban J connectivity index is 2.28. The van der Waals surface area contributed by atoms with Crippen LogP contribution in [0.5, 0.6) is 5.75 Å². The highest BCUT2D eigenvalue weighted by molar-refractivity contribution is 7.87. The summed E-state index contributed by atoms with van der Waals surface area (Å²) >= 11 is 0. The molecule has 3 nitrogen and oxygen atoms in total. The third-order valence-corrected chi connectivity index (χ3v) is 4.47. The topological polar surface area (TPSA) is 43.4 Å². The molecule has 0 radical (unpaired) electrons. The second-order valence-electron chi connectivity index (χ2n) is 6.13. The Bertz CT molecular complexity index is 723. The van der Waals surface area contributed by atoms with Gasteiger partial charge in [0.05, 0.1) is 0 Å². The maximum atomic E-state index is 12.3. The van der Waals surface area contributed by atoms with Crippen LogP contribution in [-0.4, -0.2) is 8.42 Å². The van der Waals surface area contributed by atoms with Crippen molar-refractivity contribution in [2.75, 3.05) is 0 Å². The summed E-state index contributed by atoms with van der Waals surface area (Å²) in [5.41, 5.74) is 2.02. The molecule has 0 saturated heterocycles. The predicted molar refractivity (Wildman–Crippen MR) is 84.1 cm³/mol. The highest BCUT2D eigenvalue weighted by Gasteiger charge is 2.19. The van der Waals surface area contributed by atoms with Crippen LogP contribution in [0.15, 0.2) is 53.4 Å². The van der Waals surface area contributed by atoms with Crippen molar-refractivity contribution in [2.24, 2.45) is 0 Å². The first-order valence-electron chi connectivity index (χ1n) is 6.80. The molecule has 21 heavy (non-hydrogen) atoms. The van der Waals surface area contributed by atoms with Gasteiger partial charge in [-0.15, -0.1) is 0 Å². The molecule has 2 aromatic carbocycles. The van der Waals surface area contributed by atoms with Crippen molar-refractivity contribution in [1.29, 1.82) is 0 Å². The van der Waals surface area contributed by atoms with E-state index in [1.165, 1.54) is 0 Å². The number of benzene rings is 2. The van der Waals surface area contributed by atoms with E-state index in [-0.39, 0.29) is 10.3 Å². The Morgan fingerprint density at radius 2 is 1.57 bits per heavy atom. The molecule has 0 N–H and O–H groups in total. The molecule has 0 unspecified atom stereocenters. The molecule has 0 aliphatic heterocycles. The summed E-state index contributed by atoms with van der Waals surface area (Å²) in [7, 11) is -3.79. The van der Waals surface area contributed by atoms with Gasteiger partial charge >= 0.3 is 10.1 Å². The average Bonchev–Trinajstić information content (AvgIpc) is 2.37. The molecule has 112 valence electrons. The summed E-state index contributed by atoms with van der Waals surface area (Å²) in [6, 6.07) is 13.8. The molecule has 0 fully saturated rings. The van der Waals surface area contributed by atoms with E-state index in [0.717, 1.165) is 11.1 Å². The standard InChI is InChI=1S/C17H20O3S/c1-13-6-5-7-15(12-13)20-21(18,19)16-10-8-14(9-11-16)17(2,3)4/h5-12H,1-4H3. The largest absolute Gasteiger partial charge is 0.379 e. The first kappa shape index (κ1) is 15.6. The fraction of sp³-hybridized carbons (Fsp3) is 0.294. The quantitative estimate of drug-likeness (QED) is 0.803. The van der Waals surface area contributed by atoms with Crippen LogP contribution in [0.4, 0.5) is 0 Å². The van der Waals surface area contributed by atoms with E-state index in [0.29, 0.717) is 5.75 Å². The van der Waals surface area contributed by atoms with Crippen LogP contribution in [0.3, 0.4) is 0 Å². The van der Waals surface area contributed by atoms with E-state index >= 15 is 0 Å². The second kappa shape index (κ2) is 5.53. The second-order valence-corrected chi connectivity index (χ2v) is 7.67. The molecular weight excluding hydrogens is 284 g/mol. The summed E-state index contributed by atoms with van der Waals surface area (Å²) in [6.07, 6.45) is 0. The van der Waals surface area contributed by atoms with Gasteiger partial charge in [-0.25, -0.2) is 0 Å². The van der Waals surface area contributed by atoms with Crippen LogP contribution in [0.1, 0.15) is 31.9 Å². The first-order valence-corrected chi connectivity index (χ1v) is 8.21. The van der Waals surface area contributed by atoms with Gasteiger partial charge in [0.15, 0.2) is 0 Å². The molecule has 2 aromatic rings. The maximum Gasteiger partial charge on any atom is 0.339 e. The first-order chi connectivity index (χ1) is 9.68. The summed E-state index contributed by atoms with van der Waals surface area (Å²) in [5, 5.41) is 0. The van der Waals surface area contributed by atoms with Crippen molar-refractivity contribution in [2.45, 2.75) is 38.0 Å². The van der Waals surface area contributed by atoms with Gasteiger partial charge in [0.2, 0.25) is 0 Å². The molecule has 2 rings (SSSR count). The van der Waals surface area contributed by atoms with Crippen molar-refractivity contribution in [3.63, 3.8) is 0 Å². The van der Waals surface area contributed by atoms with Crippen molar-refractivity contribution in [3.05, 3.63) is 59.7 Å². The lowest BCUT2D eigenvalue weighted by Crippen LogP contribution is -2.13. The number of hydrogen-bond acceptors (Lipinski definition) is 3. The fourth-order valence-corrected chi connectivity index (χ4v) is 2.89. The summed E-state index contributed by atoms with van der Waals surface area (Å²) in [5.74, 6) is 0.329. The zero-order chi connectivity index (χ0) is 15.7. The Hall–Kier alpha value is -1.81. The van der Waals surface area contributed by atoms with Gasteiger partial charge in [-0.05, 0) is 47.7 Å². The monoisotopic (exact) mass is 304 g/mol. The Kier molecular flexibility index (Phi) is 4.10. The maximum absolute atomic E-state index is 12.3. The molecule has 0 amide bonds. The van der Waals surface area contributed by atoms with Gasteiger partial charge in [-0.1, -0.05) is 45.0 Å². The van der Waals surface area contributed by atoms with Gasteiger partial charge < -0.3 is 4.18 Å². The van der Waals surface area contributed by atoms with Gasteiger partial charge in [0.1, 0.15) is 10.6 Å². The molecule has 0 aliphatic carbocycles. The van der Waals surface area contributed by atoms with Crippen LogP contribution in [0.2, 0.25) is 0 Å².